The number of carboxylic acid groups (broad SMARTS) is 1. The molecule has 0 aliphatic heterocycles. The minimum Gasteiger partial charge on any atom is -0.477 e. The summed E-state index contributed by atoms with van der Waals surface area (Å²) in [6, 6.07) is 10.6. The van der Waals surface area contributed by atoms with Crippen molar-refractivity contribution in [3.8, 4) is 11.1 Å². The Hall–Kier alpha value is -3.21. The highest BCUT2D eigenvalue weighted by molar-refractivity contribution is 5.89. The molecule has 130 valence electrons. The molecular weight excluding hydrogens is 330 g/mol. The van der Waals surface area contributed by atoms with E-state index in [-0.39, 0.29) is 5.56 Å². The lowest BCUT2D eigenvalue weighted by Gasteiger charge is -2.15. The van der Waals surface area contributed by atoms with Gasteiger partial charge < -0.3 is 5.11 Å². The van der Waals surface area contributed by atoms with Crippen molar-refractivity contribution in [1.82, 2.24) is 4.40 Å². The Bertz CT molecular complexity index is 1110. The molecule has 1 aromatic carbocycles. The first-order chi connectivity index (χ1) is 12.5. The first-order valence-electron chi connectivity index (χ1n) is 8.49. The third kappa shape index (κ3) is 2.52. The fourth-order valence-corrected chi connectivity index (χ4v) is 3.51. The third-order valence-electron chi connectivity index (χ3n) is 5.02. The van der Waals surface area contributed by atoms with Crippen LogP contribution in [0.5, 0.6) is 0 Å². The van der Waals surface area contributed by atoms with Crippen molar-refractivity contribution in [3.63, 3.8) is 0 Å². The molecule has 1 saturated carbocycles. The van der Waals surface area contributed by atoms with Crippen LogP contribution >= 0.6 is 0 Å². The van der Waals surface area contributed by atoms with Crippen LogP contribution in [0.3, 0.4) is 0 Å². The Kier molecular flexibility index (Phi) is 3.72. The lowest BCUT2D eigenvalue weighted by molar-refractivity contribution is 0.0694. The molecule has 0 amide bonds. The molecule has 1 aliphatic rings. The number of pyridine rings is 2. The molecule has 1 aliphatic carbocycles. The largest absolute Gasteiger partial charge is 0.477 e. The number of nitrogens with zero attached hydrogens (tertiary/aromatic N) is 1. The molecule has 2 aromatic heterocycles. The smallest absolute Gasteiger partial charge is 0.341 e. The van der Waals surface area contributed by atoms with Crippen LogP contribution in [0, 0.1) is 6.92 Å². The van der Waals surface area contributed by atoms with Gasteiger partial charge in [-0.3, -0.25) is 14.0 Å². The second kappa shape index (κ2) is 5.95. The average molecular weight is 347 g/mol. The first kappa shape index (κ1) is 16.3. The SMILES string of the molecule is Cc1c(-c2ccc(C=O)cc2)ccn2c(=O)c(C(=O)O)cc(C3CC3)c12. The van der Waals surface area contributed by atoms with Gasteiger partial charge in [0.2, 0.25) is 0 Å². The summed E-state index contributed by atoms with van der Waals surface area (Å²) in [5.41, 5.74) is 4.47. The molecule has 1 fully saturated rings. The van der Waals surface area contributed by atoms with Gasteiger partial charge >= 0.3 is 5.97 Å². The number of carbonyl (C=O) groups excluding carboxylic acids is 1. The molecule has 0 spiro atoms. The van der Waals surface area contributed by atoms with Crippen molar-refractivity contribution in [1.29, 1.82) is 0 Å². The molecule has 2 heterocycles. The monoisotopic (exact) mass is 347 g/mol. The lowest BCUT2D eigenvalue weighted by Crippen LogP contribution is -2.23. The van der Waals surface area contributed by atoms with E-state index >= 15 is 0 Å². The number of aryl methyl sites for hydroxylation is 1. The topological polar surface area (TPSA) is 75.8 Å². The van der Waals surface area contributed by atoms with E-state index < -0.39 is 11.5 Å². The maximum absolute atomic E-state index is 12.6. The molecular formula is C21H17NO4. The number of hydrogen-bond acceptors (Lipinski definition) is 3. The number of aromatic carboxylic acids is 1. The van der Waals surface area contributed by atoms with Crippen LogP contribution in [-0.4, -0.2) is 21.8 Å². The van der Waals surface area contributed by atoms with Crippen LogP contribution in [0.4, 0.5) is 0 Å². The zero-order valence-corrected chi connectivity index (χ0v) is 14.2. The maximum Gasteiger partial charge on any atom is 0.341 e. The number of aromatic nitrogens is 1. The van der Waals surface area contributed by atoms with Gasteiger partial charge in [-0.1, -0.05) is 24.3 Å². The zero-order valence-electron chi connectivity index (χ0n) is 14.2. The quantitative estimate of drug-likeness (QED) is 0.731. The average Bonchev–Trinajstić information content (AvgIpc) is 3.47. The minimum atomic E-state index is -1.20. The van der Waals surface area contributed by atoms with Crippen LogP contribution in [0.2, 0.25) is 0 Å². The number of aldehydes is 1. The summed E-state index contributed by atoms with van der Waals surface area (Å²) in [5, 5.41) is 9.36. The molecule has 0 saturated heterocycles. The Morgan fingerprint density at radius 1 is 1.19 bits per heavy atom. The minimum absolute atomic E-state index is 0.188. The van der Waals surface area contributed by atoms with Gasteiger partial charge in [0.25, 0.3) is 5.56 Å². The molecule has 5 heteroatoms. The van der Waals surface area contributed by atoms with E-state index in [1.807, 2.05) is 25.1 Å². The van der Waals surface area contributed by atoms with E-state index in [0.717, 1.165) is 46.9 Å². The van der Waals surface area contributed by atoms with E-state index in [1.54, 1.807) is 24.4 Å². The molecule has 0 atom stereocenters. The van der Waals surface area contributed by atoms with Gasteiger partial charge in [-0.2, -0.15) is 0 Å². The van der Waals surface area contributed by atoms with E-state index in [1.165, 1.54) is 4.40 Å². The number of fused-ring (bicyclic) bond motifs is 1. The summed E-state index contributed by atoms with van der Waals surface area (Å²) in [5.74, 6) is -0.896. The number of carboxylic acids is 1. The van der Waals surface area contributed by atoms with Crippen LogP contribution < -0.4 is 5.56 Å². The predicted octanol–water partition coefficient (Wildman–Crippen LogP) is 3.66. The van der Waals surface area contributed by atoms with E-state index in [9.17, 15) is 19.5 Å². The molecule has 1 N–H and O–H groups in total. The Morgan fingerprint density at radius 2 is 1.88 bits per heavy atom. The van der Waals surface area contributed by atoms with Crippen LogP contribution in [0.1, 0.15) is 50.6 Å². The van der Waals surface area contributed by atoms with Crippen molar-refractivity contribution in [2.24, 2.45) is 0 Å². The number of carbonyl (C=O) groups is 2. The summed E-state index contributed by atoms with van der Waals surface area (Å²) in [4.78, 5) is 34.9. The van der Waals surface area contributed by atoms with Crippen molar-refractivity contribution >= 4 is 17.8 Å². The second-order valence-electron chi connectivity index (χ2n) is 6.71. The highest BCUT2D eigenvalue weighted by Gasteiger charge is 2.29. The fraction of sp³-hybridized carbons (Fsp3) is 0.190. The molecule has 3 aromatic rings. The van der Waals surface area contributed by atoms with Gasteiger partial charge in [0.05, 0.1) is 5.52 Å². The van der Waals surface area contributed by atoms with Crippen LogP contribution in [0.25, 0.3) is 16.6 Å². The Morgan fingerprint density at radius 3 is 2.46 bits per heavy atom. The van der Waals surface area contributed by atoms with Crippen molar-refractivity contribution in [2.75, 3.05) is 0 Å². The van der Waals surface area contributed by atoms with Gasteiger partial charge in [-0.25, -0.2) is 4.79 Å². The molecule has 4 rings (SSSR count). The normalized spacial score (nSPS) is 13.7. The maximum atomic E-state index is 12.6. The molecule has 0 unspecified atom stereocenters. The van der Waals surface area contributed by atoms with Crippen LogP contribution in [0.15, 0.2) is 47.4 Å². The summed E-state index contributed by atoms with van der Waals surface area (Å²) < 4.78 is 1.45. The van der Waals surface area contributed by atoms with Gasteiger partial charge in [0.1, 0.15) is 11.8 Å². The van der Waals surface area contributed by atoms with Crippen molar-refractivity contribution in [3.05, 3.63) is 75.2 Å². The summed E-state index contributed by atoms with van der Waals surface area (Å²) in [6.07, 6.45) is 4.45. The van der Waals surface area contributed by atoms with E-state index in [4.69, 9.17) is 0 Å². The van der Waals surface area contributed by atoms with Crippen molar-refractivity contribution in [2.45, 2.75) is 25.7 Å². The highest BCUT2D eigenvalue weighted by Crippen LogP contribution is 2.43. The lowest BCUT2D eigenvalue weighted by atomic mass is 9.96. The summed E-state index contributed by atoms with van der Waals surface area (Å²) >= 11 is 0. The van der Waals surface area contributed by atoms with Gasteiger partial charge in [0, 0.05) is 11.8 Å². The van der Waals surface area contributed by atoms with E-state index in [2.05, 4.69) is 0 Å². The van der Waals surface area contributed by atoms with Gasteiger partial charge in [0.15, 0.2) is 0 Å². The Balaban J connectivity index is 2.01. The van der Waals surface area contributed by atoms with Gasteiger partial charge in [-0.15, -0.1) is 0 Å². The third-order valence-corrected chi connectivity index (χ3v) is 5.02. The standard InChI is InChI=1S/C21H17NO4/c1-12-16(14-4-2-13(11-23)3-5-14)8-9-22-19(12)17(15-6-7-15)10-18(20(22)24)21(25)26/h2-5,8-11,15H,6-7H2,1H3,(H,25,26). The fourth-order valence-electron chi connectivity index (χ4n) is 3.51. The number of rotatable bonds is 4. The molecule has 0 bridgehead atoms. The number of hydrogen-bond donors (Lipinski definition) is 1. The highest BCUT2D eigenvalue weighted by atomic mass is 16.4. The first-order valence-corrected chi connectivity index (χ1v) is 8.49. The molecule has 26 heavy (non-hydrogen) atoms. The summed E-state index contributed by atoms with van der Waals surface area (Å²) in [7, 11) is 0. The van der Waals surface area contributed by atoms with Crippen LogP contribution in [-0.2, 0) is 0 Å². The second-order valence-corrected chi connectivity index (χ2v) is 6.71. The zero-order chi connectivity index (χ0) is 18.4. The summed E-state index contributed by atoms with van der Waals surface area (Å²) in [6.45, 7) is 1.95. The molecule has 5 nitrogen and oxygen atoms in total. The van der Waals surface area contributed by atoms with Crippen molar-refractivity contribution < 1.29 is 14.7 Å². The number of benzene rings is 1. The molecule has 0 radical (unpaired) electrons. The predicted molar refractivity (Wildman–Crippen MR) is 98.2 cm³/mol. The van der Waals surface area contributed by atoms with Gasteiger partial charge in [-0.05, 0) is 60.1 Å². The Labute approximate surface area is 149 Å². The van der Waals surface area contributed by atoms with E-state index in [0.29, 0.717) is 11.5 Å².